The zero-order chi connectivity index (χ0) is 14.5. The van der Waals surface area contributed by atoms with E-state index in [4.69, 9.17) is 5.73 Å². The minimum atomic E-state index is -0.901. The number of nitrogens with two attached hydrogens (primary N) is 1. The molecular weight excluding hydrogens is 250 g/mol. The first-order chi connectivity index (χ1) is 8.85. The molecule has 106 valence electrons. The number of hydrogen-bond donors (Lipinski definition) is 2. The van der Waals surface area contributed by atoms with Gasteiger partial charge in [-0.2, -0.15) is 0 Å². The standard InChI is InChI=1S/C14H20F2N2O/c1-3-5-14(2,17)13(19)18-6-4-10-7-11(15)9-12(16)8-10/h7-9H,3-6,17H2,1-2H3,(H,18,19). The lowest BCUT2D eigenvalue weighted by Gasteiger charge is -2.22. The molecule has 3 N–H and O–H groups in total. The number of amides is 1. The van der Waals surface area contributed by atoms with Crippen molar-refractivity contribution < 1.29 is 13.6 Å². The van der Waals surface area contributed by atoms with Gasteiger partial charge in [0.1, 0.15) is 11.6 Å². The summed E-state index contributed by atoms with van der Waals surface area (Å²) in [6.45, 7) is 3.93. The molecule has 1 aromatic rings. The lowest BCUT2D eigenvalue weighted by atomic mass is 9.96. The molecule has 0 aromatic heterocycles. The molecule has 1 rings (SSSR count). The van der Waals surface area contributed by atoms with Crippen LogP contribution in [0, 0.1) is 11.6 Å². The summed E-state index contributed by atoms with van der Waals surface area (Å²) in [5, 5.41) is 2.69. The van der Waals surface area contributed by atoms with Crippen LogP contribution in [0.15, 0.2) is 18.2 Å². The second kappa shape index (κ2) is 6.61. The fourth-order valence-electron chi connectivity index (χ4n) is 1.91. The molecular formula is C14H20F2N2O. The summed E-state index contributed by atoms with van der Waals surface area (Å²) in [6, 6.07) is 3.33. The van der Waals surface area contributed by atoms with E-state index in [2.05, 4.69) is 5.32 Å². The van der Waals surface area contributed by atoms with Crippen LogP contribution in [-0.4, -0.2) is 18.0 Å². The zero-order valence-corrected chi connectivity index (χ0v) is 11.3. The van der Waals surface area contributed by atoms with Gasteiger partial charge < -0.3 is 11.1 Å². The molecule has 1 atom stereocenters. The fraction of sp³-hybridized carbons (Fsp3) is 0.500. The molecule has 0 fully saturated rings. The third-order valence-corrected chi connectivity index (χ3v) is 2.91. The SMILES string of the molecule is CCCC(C)(N)C(=O)NCCc1cc(F)cc(F)c1. The summed E-state index contributed by atoms with van der Waals surface area (Å²) in [4.78, 5) is 11.8. The molecule has 1 aromatic carbocycles. The maximum absolute atomic E-state index is 13.0. The molecule has 0 saturated heterocycles. The first-order valence-corrected chi connectivity index (χ1v) is 6.37. The molecule has 0 bridgehead atoms. The summed E-state index contributed by atoms with van der Waals surface area (Å²) in [5.41, 5.74) is 5.47. The smallest absolute Gasteiger partial charge is 0.239 e. The molecule has 1 amide bonds. The number of rotatable bonds is 6. The molecule has 0 saturated carbocycles. The Balaban J connectivity index is 2.48. The van der Waals surface area contributed by atoms with Crippen LogP contribution in [0.2, 0.25) is 0 Å². The van der Waals surface area contributed by atoms with Crippen molar-refractivity contribution in [2.45, 2.75) is 38.6 Å². The average Bonchev–Trinajstić information content (AvgIpc) is 2.27. The Morgan fingerprint density at radius 1 is 1.32 bits per heavy atom. The fourth-order valence-corrected chi connectivity index (χ4v) is 1.91. The number of carbonyl (C=O) groups is 1. The van der Waals surface area contributed by atoms with E-state index in [1.165, 1.54) is 12.1 Å². The van der Waals surface area contributed by atoms with Gasteiger partial charge >= 0.3 is 0 Å². The largest absolute Gasteiger partial charge is 0.354 e. The van der Waals surface area contributed by atoms with Crippen LogP contribution in [-0.2, 0) is 11.2 Å². The highest BCUT2D eigenvalue weighted by atomic mass is 19.1. The van der Waals surface area contributed by atoms with Crippen molar-refractivity contribution in [2.24, 2.45) is 5.73 Å². The van der Waals surface area contributed by atoms with Crippen LogP contribution in [0.4, 0.5) is 8.78 Å². The van der Waals surface area contributed by atoms with Crippen molar-refractivity contribution in [2.75, 3.05) is 6.54 Å². The van der Waals surface area contributed by atoms with Crippen molar-refractivity contribution >= 4 is 5.91 Å². The predicted octanol–water partition coefficient (Wildman–Crippen LogP) is 2.14. The Labute approximate surface area is 112 Å². The van der Waals surface area contributed by atoms with Gasteiger partial charge in [-0.05, 0) is 37.5 Å². The minimum Gasteiger partial charge on any atom is -0.354 e. The summed E-state index contributed by atoms with van der Waals surface area (Å²) < 4.78 is 25.9. The van der Waals surface area contributed by atoms with Crippen molar-refractivity contribution in [1.82, 2.24) is 5.32 Å². The van der Waals surface area contributed by atoms with Crippen LogP contribution < -0.4 is 11.1 Å². The maximum atomic E-state index is 13.0. The van der Waals surface area contributed by atoms with Gasteiger partial charge in [-0.1, -0.05) is 13.3 Å². The highest BCUT2D eigenvalue weighted by molar-refractivity contribution is 5.85. The van der Waals surface area contributed by atoms with E-state index in [1.807, 2.05) is 6.92 Å². The lowest BCUT2D eigenvalue weighted by Crippen LogP contribution is -2.51. The molecule has 0 spiro atoms. The number of benzene rings is 1. The van der Waals surface area contributed by atoms with Crippen molar-refractivity contribution in [3.05, 3.63) is 35.4 Å². The quantitative estimate of drug-likeness (QED) is 0.832. The van der Waals surface area contributed by atoms with E-state index in [1.54, 1.807) is 6.92 Å². The van der Waals surface area contributed by atoms with Crippen LogP contribution in [0.5, 0.6) is 0 Å². The van der Waals surface area contributed by atoms with E-state index in [9.17, 15) is 13.6 Å². The second-order valence-corrected chi connectivity index (χ2v) is 4.95. The monoisotopic (exact) mass is 270 g/mol. The number of carbonyl (C=O) groups excluding carboxylic acids is 1. The third kappa shape index (κ3) is 4.95. The second-order valence-electron chi connectivity index (χ2n) is 4.95. The summed E-state index contributed by atoms with van der Waals surface area (Å²) in [7, 11) is 0. The van der Waals surface area contributed by atoms with Gasteiger partial charge in [0, 0.05) is 12.6 Å². The summed E-state index contributed by atoms with van der Waals surface area (Å²) >= 11 is 0. The molecule has 0 aliphatic rings. The Hall–Kier alpha value is -1.49. The van der Waals surface area contributed by atoms with Crippen LogP contribution >= 0.6 is 0 Å². The van der Waals surface area contributed by atoms with Gasteiger partial charge in [-0.15, -0.1) is 0 Å². The van der Waals surface area contributed by atoms with Gasteiger partial charge in [0.15, 0.2) is 0 Å². The molecule has 1 unspecified atom stereocenters. The molecule has 5 heteroatoms. The Kier molecular flexibility index (Phi) is 5.42. The van der Waals surface area contributed by atoms with Gasteiger partial charge in [0.25, 0.3) is 0 Å². The van der Waals surface area contributed by atoms with Crippen LogP contribution in [0.3, 0.4) is 0 Å². The third-order valence-electron chi connectivity index (χ3n) is 2.91. The maximum Gasteiger partial charge on any atom is 0.239 e. The Bertz CT molecular complexity index is 427. The van der Waals surface area contributed by atoms with E-state index in [0.29, 0.717) is 24.9 Å². The highest BCUT2D eigenvalue weighted by Gasteiger charge is 2.26. The summed E-state index contributed by atoms with van der Waals surface area (Å²) in [6.07, 6.45) is 1.77. The highest BCUT2D eigenvalue weighted by Crippen LogP contribution is 2.10. The normalized spacial score (nSPS) is 13.9. The Morgan fingerprint density at radius 3 is 2.42 bits per heavy atom. The average molecular weight is 270 g/mol. The van der Waals surface area contributed by atoms with E-state index >= 15 is 0 Å². The first kappa shape index (κ1) is 15.6. The van der Waals surface area contributed by atoms with Gasteiger partial charge in [0.2, 0.25) is 5.91 Å². The van der Waals surface area contributed by atoms with Crippen molar-refractivity contribution in [3.63, 3.8) is 0 Å². The van der Waals surface area contributed by atoms with E-state index in [0.717, 1.165) is 12.5 Å². The topological polar surface area (TPSA) is 55.1 Å². The minimum absolute atomic E-state index is 0.244. The van der Waals surface area contributed by atoms with Crippen LogP contribution in [0.25, 0.3) is 0 Å². The van der Waals surface area contributed by atoms with E-state index < -0.39 is 17.2 Å². The molecule has 0 aliphatic carbocycles. The molecule has 0 radical (unpaired) electrons. The molecule has 0 aliphatic heterocycles. The molecule has 19 heavy (non-hydrogen) atoms. The van der Waals surface area contributed by atoms with Gasteiger partial charge in [-0.25, -0.2) is 8.78 Å². The van der Waals surface area contributed by atoms with Crippen LogP contribution in [0.1, 0.15) is 32.3 Å². The van der Waals surface area contributed by atoms with Gasteiger partial charge in [0.05, 0.1) is 5.54 Å². The number of nitrogens with one attached hydrogen (secondary N) is 1. The van der Waals surface area contributed by atoms with Crippen molar-refractivity contribution in [1.29, 1.82) is 0 Å². The predicted molar refractivity (Wildman–Crippen MR) is 70.6 cm³/mol. The van der Waals surface area contributed by atoms with E-state index in [-0.39, 0.29) is 5.91 Å². The summed E-state index contributed by atoms with van der Waals surface area (Å²) in [5.74, 6) is -1.47. The zero-order valence-electron chi connectivity index (χ0n) is 11.3. The lowest BCUT2D eigenvalue weighted by molar-refractivity contribution is -0.126. The van der Waals surface area contributed by atoms with Crippen molar-refractivity contribution in [3.8, 4) is 0 Å². The number of halogens is 2. The first-order valence-electron chi connectivity index (χ1n) is 6.37. The molecule has 0 heterocycles. The number of hydrogen-bond acceptors (Lipinski definition) is 2. The molecule has 3 nitrogen and oxygen atoms in total. The van der Waals surface area contributed by atoms with Gasteiger partial charge in [-0.3, -0.25) is 4.79 Å². The Morgan fingerprint density at radius 2 is 1.89 bits per heavy atom.